The molecule has 2 aromatic rings. The second-order valence-electron chi connectivity index (χ2n) is 3.85. The lowest BCUT2D eigenvalue weighted by Gasteiger charge is -1.99. The molecule has 5 nitrogen and oxygen atoms in total. The average molecular weight is 254 g/mol. The zero-order valence-corrected chi connectivity index (χ0v) is 10.5. The van der Waals surface area contributed by atoms with Gasteiger partial charge in [0.15, 0.2) is 0 Å². The second kappa shape index (κ2) is 6.30. The molecule has 0 atom stereocenters. The van der Waals surface area contributed by atoms with E-state index in [1.165, 1.54) is 6.07 Å². The third-order valence-electron chi connectivity index (χ3n) is 2.25. The smallest absolute Gasteiger partial charge is 0.247 e. The highest BCUT2D eigenvalue weighted by Gasteiger charge is 1.97. The summed E-state index contributed by atoms with van der Waals surface area (Å²) in [6, 6.07) is 11.4. The Morgan fingerprint density at radius 3 is 2.74 bits per heavy atom. The number of nitrogens with one attached hydrogen (secondary N) is 1. The molecule has 5 heteroatoms. The normalized spacial score (nSPS) is 11.2. The van der Waals surface area contributed by atoms with E-state index in [0.29, 0.717) is 5.69 Å². The van der Waals surface area contributed by atoms with Gasteiger partial charge in [0.2, 0.25) is 11.8 Å². The zero-order chi connectivity index (χ0) is 13.5. The van der Waals surface area contributed by atoms with Crippen molar-refractivity contribution in [2.45, 2.75) is 6.92 Å². The maximum atomic E-state index is 9.29. The minimum atomic E-state index is -0.0787. The van der Waals surface area contributed by atoms with Gasteiger partial charge in [0.05, 0.1) is 0 Å². The number of aromatic nitrogens is 2. The predicted molar refractivity (Wildman–Crippen MR) is 76.0 cm³/mol. The first-order valence-corrected chi connectivity index (χ1v) is 5.79. The molecule has 0 bridgehead atoms. The Morgan fingerprint density at radius 2 is 2.00 bits per heavy atom. The lowest BCUT2D eigenvalue weighted by atomic mass is 10.2. The lowest BCUT2D eigenvalue weighted by Crippen LogP contribution is -1.97. The standard InChI is InChI=1S/C14H14N4O/c1-11-10-13(19)17-14(16-11)18-15-9-5-8-12-6-3-2-4-7-12/h2-10H,1H3,(H2,16,17,18,19)/b8-5+,15-9+. The molecule has 0 aliphatic heterocycles. The van der Waals surface area contributed by atoms with Crippen molar-refractivity contribution in [3.63, 3.8) is 0 Å². The van der Waals surface area contributed by atoms with Gasteiger partial charge in [-0.05, 0) is 18.6 Å². The summed E-state index contributed by atoms with van der Waals surface area (Å²) in [6.45, 7) is 1.77. The number of hydrogen-bond donors (Lipinski definition) is 2. The fourth-order valence-electron chi connectivity index (χ4n) is 1.46. The lowest BCUT2D eigenvalue weighted by molar-refractivity contribution is 0.452. The summed E-state index contributed by atoms with van der Waals surface area (Å²) in [5, 5.41) is 13.2. The molecule has 1 aromatic carbocycles. The van der Waals surface area contributed by atoms with Crippen LogP contribution in [-0.4, -0.2) is 21.3 Å². The number of rotatable bonds is 4. The van der Waals surface area contributed by atoms with Crippen LogP contribution in [0.2, 0.25) is 0 Å². The molecule has 1 aromatic heterocycles. The highest BCUT2D eigenvalue weighted by Crippen LogP contribution is 2.09. The van der Waals surface area contributed by atoms with Crippen LogP contribution in [0.5, 0.6) is 5.88 Å². The first-order chi connectivity index (χ1) is 9.24. The van der Waals surface area contributed by atoms with Gasteiger partial charge in [0.25, 0.3) is 0 Å². The van der Waals surface area contributed by atoms with Crippen molar-refractivity contribution in [3.8, 4) is 5.88 Å². The van der Waals surface area contributed by atoms with Crippen molar-refractivity contribution in [1.29, 1.82) is 0 Å². The maximum Gasteiger partial charge on any atom is 0.247 e. The summed E-state index contributed by atoms with van der Waals surface area (Å²) >= 11 is 0. The number of hydrogen-bond acceptors (Lipinski definition) is 5. The molecule has 0 saturated carbocycles. The topological polar surface area (TPSA) is 70.4 Å². The van der Waals surface area contributed by atoms with E-state index in [2.05, 4.69) is 20.5 Å². The fraction of sp³-hybridized carbons (Fsp3) is 0.0714. The van der Waals surface area contributed by atoms with Gasteiger partial charge in [0.1, 0.15) is 0 Å². The summed E-state index contributed by atoms with van der Waals surface area (Å²) in [5.74, 6) is 0.187. The van der Waals surface area contributed by atoms with Gasteiger partial charge >= 0.3 is 0 Å². The highest BCUT2D eigenvalue weighted by atomic mass is 16.3. The SMILES string of the molecule is Cc1cc(O)nc(N/N=C/C=C/c2ccccc2)n1. The minimum absolute atomic E-state index is 0.0787. The van der Waals surface area contributed by atoms with E-state index in [1.54, 1.807) is 19.2 Å². The number of allylic oxidation sites excluding steroid dienone is 1. The van der Waals surface area contributed by atoms with Gasteiger partial charge in [-0.3, -0.25) is 0 Å². The van der Waals surface area contributed by atoms with Crippen LogP contribution >= 0.6 is 0 Å². The van der Waals surface area contributed by atoms with Crippen LogP contribution in [-0.2, 0) is 0 Å². The maximum absolute atomic E-state index is 9.29. The molecule has 0 unspecified atom stereocenters. The third-order valence-corrected chi connectivity index (χ3v) is 2.25. The largest absolute Gasteiger partial charge is 0.493 e. The van der Waals surface area contributed by atoms with Gasteiger partial charge in [-0.2, -0.15) is 10.1 Å². The molecular formula is C14H14N4O. The number of hydrazone groups is 1. The Morgan fingerprint density at radius 1 is 1.21 bits per heavy atom. The van der Waals surface area contributed by atoms with Crippen LogP contribution in [0.25, 0.3) is 6.08 Å². The molecular weight excluding hydrogens is 240 g/mol. The summed E-state index contributed by atoms with van der Waals surface area (Å²) in [4.78, 5) is 7.86. The molecule has 0 aliphatic carbocycles. The summed E-state index contributed by atoms with van der Waals surface area (Å²) in [5.41, 5.74) is 4.42. The molecule has 2 N–H and O–H groups in total. The van der Waals surface area contributed by atoms with Gasteiger partial charge in [0, 0.05) is 18.0 Å². The van der Waals surface area contributed by atoms with Gasteiger partial charge in [-0.15, -0.1) is 0 Å². The van der Waals surface area contributed by atoms with Gasteiger partial charge in [-0.1, -0.05) is 36.4 Å². The van der Waals surface area contributed by atoms with E-state index >= 15 is 0 Å². The van der Waals surface area contributed by atoms with Crippen LogP contribution < -0.4 is 5.43 Å². The second-order valence-corrected chi connectivity index (χ2v) is 3.85. The number of anilines is 1. The summed E-state index contributed by atoms with van der Waals surface area (Å²) in [7, 11) is 0. The quantitative estimate of drug-likeness (QED) is 0.650. The zero-order valence-electron chi connectivity index (χ0n) is 10.5. The molecule has 19 heavy (non-hydrogen) atoms. The molecule has 0 spiro atoms. The van der Waals surface area contributed by atoms with Gasteiger partial charge in [-0.25, -0.2) is 10.4 Å². The number of benzene rings is 1. The molecule has 1 heterocycles. The van der Waals surface area contributed by atoms with Crippen LogP contribution in [0.15, 0.2) is 47.6 Å². The first-order valence-electron chi connectivity index (χ1n) is 5.79. The Balaban J connectivity index is 1.92. The molecule has 0 saturated heterocycles. The molecule has 0 radical (unpaired) electrons. The number of aryl methyl sites for hydroxylation is 1. The highest BCUT2D eigenvalue weighted by molar-refractivity contribution is 5.78. The Bertz CT molecular complexity index is 573. The first kappa shape index (κ1) is 12.8. The van der Waals surface area contributed by atoms with Crippen molar-refractivity contribution in [2.75, 3.05) is 5.43 Å². The Kier molecular flexibility index (Phi) is 4.23. The molecule has 0 amide bonds. The van der Waals surface area contributed by atoms with E-state index in [0.717, 1.165) is 5.56 Å². The fourth-order valence-corrected chi connectivity index (χ4v) is 1.46. The molecule has 0 fully saturated rings. The minimum Gasteiger partial charge on any atom is -0.493 e. The predicted octanol–water partition coefficient (Wildman–Crippen LogP) is 2.60. The monoisotopic (exact) mass is 254 g/mol. The van der Waals surface area contributed by atoms with Crippen LogP contribution in [0.4, 0.5) is 5.95 Å². The molecule has 2 rings (SSSR count). The van der Waals surface area contributed by atoms with Crippen molar-refractivity contribution in [1.82, 2.24) is 9.97 Å². The van der Waals surface area contributed by atoms with E-state index < -0.39 is 0 Å². The Labute approximate surface area is 111 Å². The van der Waals surface area contributed by atoms with Crippen LogP contribution in [0.3, 0.4) is 0 Å². The van der Waals surface area contributed by atoms with Crippen LogP contribution in [0.1, 0.15) is 11.3 Å². The van der Waals surface area contributed by atoms with Crippen molar-refractivity contribution >= 4 is 18.2 Å². The third kappa shape index (κ3) is 4.23. The van der Waals surface area contributed by atoms with Crippen LogP contribution in [0, 0.1) is 6.92 Å². The molecule has 0 aliphatic rings. The summed E-state index contributed by atoms with van der Waals surface area (Å²) < 4.78 is 0. The number of nitrogens with zero attached hydrogens (tertiary/aromatic N) is 3. The molecule has 96 valence electrons. The van der Waals surface area contributed by atoms with Crippen molar-refractivity contribution < 1.29 is 5.11 Å². The van der Waals surface area contributed by atoms with E-state index in [9.17, 15) is 5.11 Å². The van der Waals surface area contributed by atoms with Gasteiger partial charge < -0.3 is 5.11 Å². The Hall–Kier alpha value is -2.69. The van der Waals surface area contributed by atoms with Crippen molar-refractivity contribution in [3.05, 3.63) is 53.7 Å². The summed E-state index contributed by atoms with van der Waals surface area (Å²) in [6.07, 6.45) is 5.33. The number of aromatic hydroxyl groups is 1. The van der Waals surface area contributed by atoms with E-state index in [1.807, 2.05) is 36.4 Å². The van der Waals surface area contributed by atoms with E-state index in [-0.39, 0.29) is 11.8 Å². The van der Waals surface area contributed by atoms with E-state index in [4.69, 9.17) is 0 Å². The average Bonchev–Trinajstić information content (AvgIpc) is 2.38. The van der Waals surface area contributed by atoms with Crippen molar-refractivity contribution in [2.24, 2.45) is 5.10 Å².